The van der Waals surface area contributed by atoms with Gasteiger partial charge in [-0.3, -0.25) is 4.79 Å². The predicted molar refractivity (Wildman–Crippen MR) is 109 cm³/mol. The number of para-hydroxylation sites is 1. The first kappa shape index (κ1) is 22.8. The maximum Gasteiger partial charge on any atom is 0.339 e. The van der Waals surface area contributed by atoms with Crippen LogP contribution in [0.2, 0.25) is 0 Å². The van der Waals surface area contributed by atoms with Crippen LogP contribution in [0.25, 0.3) is 0 Å². The SMILES string of the molecule is COC(=O)c1ccccc1NC(=S)N[C@H](NC(=O)CC(C)C)C(Cl)(Cl)Cl. The fraction of sp³-hybridized carbons (Fsp3) is 0.438. The minimum Gasteiger partial charge on any atom is -0.465 e. The topological polar surface area (TPSA) is 79.5 Å². The first-order chi connectivity index (χ1) is 12.0. The third-order valence-electron chi connectivity index (χ3n) is 3.08. The van der Waals surface area contributed by atoms with Crippen molar-refractivity contribution < 1.29 is 14.3 Å². The third-order valence-corrected chi connectivity index (χ3v) is 3.96. The van der Waals surface area contributed by atoms with Crippen molar-refractivity contribution in [2.75, 3.05) is 12.4 Å². The van der Waals surface area contributed by atoms with Crippen molar-refractivity contribution >= 4 is 69.7 Å². The van der Waals surface area contributed by atoms with E-state index in [2.05, 4.69) is 16.0 Å². The Morgan fingerprint density at radius 3 is 2.35 bits per heavy atom. The molecule has 0 aliphatic heterocycles. The molecule has 0 aliphatic rings. The van der Waals surface area contributed by atoms with Gasteiger partial charge in [0, 0.05) is 6.42 Å². The molecule has 1 aromatic carbocycles. The lowest BCUT2D eigenvalue weighted by molar-refractivity contribution is -0.122. The van der Waals surface area contributed by atoms with E-state index >= 15 is 0 Å². The van der Waals surface area contributed by atoms with Crippen LogP contribution in [0.4, 0.5) is 5.69 Å². The average Bonchev–Trinajstić information content (AvgIpc) is 2.52. The molecule has 3 N–H and O–H groups in total. The number of carbonyl (C=O) groups is 2. The van der Waals surface area contributed by atoms with E-state index in [0.29, 0.717) is 5.69 Å². The number of ether oxygens (including phenoxy) is 1. The highest BCUT2D eigenvalue weighted by molar-refractivity contribution is 7.80. The molecule has 0 spiro atoms. The van der Waals surface area contributed by atoms with Crippen molar-refractivity contribution in [1.82, 2.24) is 10.6 Å². The van der Waals surface area contributed by atoms with Crippen molar-refractivity contribution in [2.45, 2.75) is 30.2 Å². The summed E-state index contributed by atoms with van der Waals surface area (Å²) in [6.07, 6.45) is -0.798. The summed E-state index contributed by atoms with van der Waals surface area (Å²) in [5, 5.41) is 8.22. The Kier molecular flexibility index (Phi) is 8.89. The summed E-state index contributed by atoms with van der Waals surface area (Å²) in [6.45, 7) is 3.79. The van der Waals surface area contributed by atoms with Gasteiger partial charge in [-0.05, 0) is 30.3 Å². The number of alkyl halides is 3. The summed E-state index contributed by atoms with van der Waals surface area (Å²) in [5.74, 6) is -0.677. The highest BCUT2D eigenvalue weighted by Gasteiger charge is 2.34. The van der Waals surface area contributed by atoms with E-state index < -0.39 is 15.9 Å². The Bertz CT molecular complexity index is 666. The predicted octanol–water partition coefficient (Wildman–Crippen LogP) is 3.62. The molecule has 0 saturated carbocycles. The zero-order valence-electron chi connectivity index (χ0n) is 14.4. The smallest absolute Gasteiger partial charge is 0.339 e. The molecule has 0 fully saturated rings. The fourth-order valence-electron chi connectivity index (χ4n) is 1.96. The molecular weight excluding hydrogens is 421 g/mol. The van der Waals surface area contributed by atoms with Crippen LogP contribution in [0.3, 0.4) is 0 Å². The van der Waals surface area contributed by atoms with Gasteiger partial charge in [-0.1, -0.05) is 60.8 Å². The van der Waals surface area contributed by atoms with Crippen molar-refractivity contribution in [3.05, 3.63) is 29.8 Å². The van der Waals surface area contributed by atoms with Crippen LogP contribution >= 0.6 is 47.0 Å². The van der Waals surface area contributed by atoms with Crippen LogP contribution in [0.5, 0.6) is 0 Å². The van der Waals surface area contributed by atoms with Gasteiger partial charge in [-0.15, -0.1) is 0 Å². The second-order valence-corrected chi connectivity index (χ2v) is 8.55. The largest absolute Gasteiger partial charge is 0.465 e. The Morgan fingerprint density at radius 2 is 1.81 bits per heavy atom. The summed E-state index contributed by atoms with van der Waals surface area (Å²) < 4.78 is 2.87. The van der Waals surface area contributed by atoms with Crippen LogP contribution in [-0.4, -0.2) is 34.1 Å². The van der Waals surface area contributed by atoms with Crippen molar-refractivity contribution in [3.63, 3.8) is 0 Å². The minimum absolute atomic E-state index is 0.0579. The molecule has 10 heteroatoms. The third kappa shape index (κ3) is 7.53. The second-order valence-electron chi connectivity index (χ2n) is 5.78. The maximum atomic E-state index is 12.0. The molecule has 0 saturated heterocycles. The summed E-state index contributed by atoms with van der Waals surface area (Å²) in [6, 6.07) is 6.62. The molecule has 1 amide bonds. The molecule has 6 nitrogen and oxygen atoms in total. The van der Waals surface area contributed by atoms with Crippen molar-refractivity contribution in [1.29, 1.82) is 0 Å². The Morgan fingerprint density at radius 1 is 1.19 bits per heavy atom. The Labute approximate surface area is 172 Å². The highest BCUT2D eigenvalue weighted by Crippen LogP contribution is 2.29. The zero-order chi connectivity index (χ0) is 19.9. The number of carbonyl (C=O) groups excluding carboxylic acids is 2. The molecule has 26 heavy (non-hydrogen) atoms. The van der Waals surface area contributed by atoms with Crippen LogP contribution in [0, 0.1) is 5.92 Å². The van der Waals surface area contributed by atoms with E-state index in [0.717, 1.165) is 0 Å². The lowest BCUT2D eigenvalue weighted by atomic mass is 10.1. The average molecular weight is 441 g/mol. The molecule has 0 radical (unpaired) electrons. The monoisotopic (exact) mass is 439 g/mol. The number of benzene rings is 1. The van der Waals surface area contributed by atoms with Crippen molar-refractivity contribution in [2.24, 2.45) is 5.92 Å². The number of rotatable bonds is 6. The molecule has 0 bridgehead atoms. The number of methoxy groups -OCH3 is 1. The molecule has 144 valence electrons. The number of nitrogens with one attached hydrogen (secondary N) is 3. The Hall–Kier alpha value is -1.28. The van der Waals surface area contributed by atoms with Crippen LogP contribution in [0.15, 0.2) is 24.3 Å². The number of hydrogen-bond donors (Lipinski definition) is 3. The normalized spacial score (nSPS) is 12.3. The summed E-state index contributed by atoms with van der Waals surface area (Å²) in [7, 11) is 1.28. The zero-order valence-corrected chi connectivity index (χ0v) is 17.5. The molecule has 0 aliphatic carbocycles. The molecule has 0 unspecified atom stereocenters. The van der Waals surface area contributed by atoms with E-state index in [9.17, 15) is 9.59 Å². The second kappa shape index (κ2) is 10.2. The van der Waals surface area contributed by atoms with Gasteiger partial charge >= 0.3 is 5.97 Å². The van der Waals surface area contributed by atoms with Gasteiger partial charge in [-0.25, -0.2) is 4.79 Å². The molecule has 0 heterocycles. The molecule has 0 aromatic heterocycles. The highest BCUT2D eigenvalue weighted by atomic mass is 35.6. The van der Waals surface area contributed by atoms with Crippen LogP contribution < -0.4 is 16.0 Å². The molecular formula is C16H20Cl3N3O3S. The fourth-order valence-corrected chi connectivity index (χ4v) is 2.52. The van der Waals surface area contributed by atoms with Gasteiger partial charge in [0.05, 0.1) is 18.4 Å². The Balaban J connectivity index is 2.85. The first-order valence-electron chi connectivity index (χ1n) is 7.65. The number of amides is 1. The lowest BCUT2D eigenvalue weighted by Gasteiger charge is -2.28. The summed E-state index contributed by atoms with van der Waals surface area (Å²) >= 11 is 23.0. The summed E-state index contributed by atoms with van der Waals surface area (Å²) in [4.78, 5) is 23.8. The number of esters is 1. The number of anilines is 1. The minimum atomic E-state index is -1.85. The lowest BCUT2D eigenvalue weighted by Crippen LogP contribution is -2.56. The van der Waals surface area contributed by atoms with Gasteiger partial charge < -0.3 is 20.7 Å². The van der Waals surface area contributed by atoms with Gasteiger partial charge in [0.25, 0.3) is 0 Å². The maximum absolute atomic E-state index is 12.0. The van der Waals surface area contributed by atoms with Crippen molar-refractivity contribution in [3.8, 4) is 0 Å². The standard InChI is InChI=1S/C16H20Cl3N3O3S/c1-9(2)8-12(23)21-14(16(17,18)19)22-15(26)20-11-7-5-4-6-10(11)13(24)25-3/h4-7,9,14H,8H2,1-3H3,(H,21,23)(H2,20,22,26)/t14-/m0/s1. The van der Waals surface area contributed by atoms with Crippen LogP contribution in [-0.2, 0) is 9.53 Å². The van der Waals surface area contributed by atoms with Gasteiger partial charge in [-0.2, -0.15) is 0 Å². The van der Waals surface area contributed by atoms with E-state index in [1.54, 1.807) is 24.3 Å². The van der Waals surface area contributed by atoms with E-state index in [1.807, 2.05) is 13.8 Å². The van der Waals surface area contributed by atoms with Gasteiger partial charge in [0.1, 0.15) is 6.17 Å². The van der Waals surface area contributed by atoms with E-state index in [-0.39, 0.29) is 28.9 Å². The van der Waals surface area contributed by atoms with Gasteiger partial charge in [0.15, 0.2) is 5.11 Å². The van der Waals surface area contributed by atoms with E-state index in [4.69, 9.17) is 51.8 Å². The van der Waals surface area contributed by atoms with E-state index in [1.165, 1.54) is 7.11 Å². The van der Waals surface area contributed by atoms with Gasteiger partial charge in [0.2, 0.25) is 9.70 Å². The number of halogens is 3. The number of hydrogen-bond acceptors (Lipinski definition) is 4. The molecule has 1 aromatic rings. The summed E-state index contributed by atoms with van der Waals surface area (Å²) in [5.41, 5.74) is 0.696. The first-order valence-corrected chi connectivity index (χ1v) is 9.19. The molecule has 1 rings (SSSR count). The number of thiocarbonyl (C=S) groups is 1. The quantitative estimate of drug-likeness (QED) is 0.271. The van der Waals surface area contributed by atoms with Crippen LogP contribution in [0.1, 0.15) is 30.6 Å². The molecule has 1 atom stereocenters.